The van der Waals surface area contributed by atoms with Crippen molar-refractivity contribution in [3.63, 3.8) is 0 Å². The topological polar surface area (TPSA) is 81.1 Å². The molecule has 0 spiro atoms. The zero-order chi connectivity index (χ0) is 19.7. The maximum absolute atomic E-state index is 13.1. The van der Waals surface area contributed by atoms with Gasteiger partial charge in [0.25, 0.3) is 0 Å². The number of methoxy groups -OCH3 is 1. The summed E-state index contributed by atoms with van der Waals surface area (Å²) in [7, 11) is 1.62. The third-order valence-corrected chi connectivity index (χ3v) is 5.87. The number of hydrogen-bond acceptors (Lipinski definition) is 6. The van der Waals surface area contributed by atoms with E-state index in [4.69, 9.17) is 16.3 Å². The molecule has 2 atom stereocenters. The van der Waals surface area contributed by atoms with Crippen LogP contribution in [0, 0.1) is 6.92 Å². The highest BCUT2D eigenvalue weighted by atomic mass is 35.5. The van der Waals surface area contributed by atoms with Crippen molar-refractivity contribution in [1.82, 2.24) is 14.9 Å². The van der Waals surface area contributed by atoms with Crippen LogP contribution < -0.4 is 15.5 Å². The molecule has 1 amide bonds. The third-order valence-electron chi connectivity index (χ3n) is 4.42. The molecule has 2 aromatic carbocycles. The first-order valence-corrected chi connectivity index (χ1v) is 9.86. The van der Waals surface area contributed by atoms with E-state index in [0.29, 0.717) is 15.9 Å². The summed E-state index contributed by atoms with van der Waals surface area (Å²) in [5.41, 5.74) is 4.98. The molecule has 0 unspecified atom stereocenters. The SMILES string of the molecule is COc1ccc([C@H]2Nn3c(C)nnc3S[C@@H]2C(=O)Nc2cccc(Cl)c2)cc1. The van der Waals surface area contributed by atoms with Gasteiger partial charge in [0.05, 0.1) is 13.2 Å². The van der Waals surface area contributed by atoms with Gasteiger partial charge < -0.3 is 15.5 Å². The number of halogens is 1. The van der Waals surface area contributed by atoms with E-state index in [2.05, 4.69) is 20.9 Å². The Morgan fingerprint density at radius 2 is 2.04 bits per heavy atom. The average Bonchev–Trinajstić information content (AvgIpc) is 3.07. The number of ether oxygens (including phenoxy) is 1. The molecule has 7 nitrogen and oxygen atoms in total. The molecule has 9 heteroatoms. The molecule has 2 heterocycles. The van der Waals surface area contributed by atoms with Gasteiger partial charge in [-0.15, -0.1) is 10.2 Å². The molecule has 2 N–H and O–H groups in total. The van der Waals surface area contributed by atoms with Gasteiger partial charge in [-0.1, -0.05) is 41.6 Å². The van der Waals surface area contributed by atoms with E-state index in [-0.39, 0.29) is 11.9 Å². The number of anilines is 1. The Balaban J connectivity index is 1.65. The minimum absolute atomic E-state index is 0.146. The molecule has 4 rings (SSSR count). The lowest BCUT2D eigenvalue weighted by molar-refractivity contribution is -0.116. The van der Waals surface area contributed by atoms with Crippen LogP contribution >= 0.6 is 23.4 Å². The summed E-state index contributed by atoms with van der Waals surface area (Å²) >= 11 is 7.41. The average molecular weight is 416 g/mol. The van der Waals surface area contributed by atoms with Crippen molar-refractivity contribution in [2.24, 2.45) is 0 Å². The molecule has 1 aliphatic rings. The number of fused-ring (bicyclic) bond motifs is 1. The number of carbonyl (C=O) groups is 1. The Labute approximate surface area is 171 Å². The fraction of sp³-hybridized carbons (Fsp3) is 0.211. The first kappa shape index (κ1) is 18.6. The van der Waals surface area contributed by atoms with Crippen LogP contribution in [0.2, 0.25) is 5.02 Å². The first-order chi connectivity index (χ1) is 13.5. The van der Waals surface area contributed by atoms with Gasteiger partial charge in [0.15, 0.2) is 0 Å². The fourth-order valence-electron chi connectivity index (χ4n) is 3.00. The highest BCUT2D eigenvalue weighted by Gasteiger charge is 2.37. The molecular weight excluding hydrogens is 398 g/mol. The van der Waals surface area contributed by atoms with E-state index in [1.54, 1.807) is 31.4 Å². The van der Waals surface area contributed by atoms with Crippen molar-refractivity contribution >= 4 is 35.0 Å². The van der Waals surface area contributed by atoms with E-state index >= 15 is 0 Å². The Morgan fingerprint density at radius 3 is 2.75 bits per heavy atom. The van der Waals surface area contributed by atoms with E-state index < -0.39 is 5.25 Å². The highest BCUT2D eigenvalue weighted by molar-refractivity contribution is 8.00. The summed E-state index contributed by atoms with van der Waals surface area (Å²) in [4.78, 5) is 13.1. The number of rotatable bonds is 4. The summed E-state index contributed by atoms with van der Waals surface area (Å²) in [5, 5.41) is 12.0. The van der Waals surface area contributed by atoms with Crippen molar-refractivity contribution in [3.05, 3.63) is 64.9 Å². The van der Waals surface area contributed by atoms with Gasteiger partial charge >= 0.3 is 0 Å². The maximum Gasteiger partial charge on any atom is 0.240 e. The Kier molecular flexibility index (Phi) is 5.15. The van der Waals surface area contributed by atoms with E-state index in [9.17, 15) is 4.79 Å². The molecule has 1 aliphatic heterocycles. The van der Waals surface area contributed by atoms with Crippen LogP contribution in [0.3, 0.4) is 0 Å². The zero-order valence-corrected chi connectivity index (χ0v) is 16.8. The maximum atomic E-state index is 13.1. The number of nitrogens with one attached hydrogen (secondary N) is 2. The first-order valence-electron chi connectivity index (χ1n) is 8.61. The Hall–Kier alpha value is -2.71. The van der Waals surface area contributed by atoms with Gasteiger partial charge in [0.1, 0.15) is 16.8 Å². The minimum atomic E-state index is -0.455. The minimum Gasteiger partial charge on any atom is -0.497 e. The number of nitrogens with zero attached hydrogens (tertiary/aromatic N) is 3. The number of benzene rings is 2. The molecule has 0 saturated heterocycles. The second kappa shape index (κ2) is 7.73. The summed E-state index contributed by atoms with van der Waals surface area (Å²) in [6.45, 7) is 1.86. The number of thioether (sulfide) groups is 1. The number of carbonyl (C=O) groups excluding carboxylic acids is 1. The van der Waals surface area contributed by atoms with Crippen molar-refractivity contribution in [1.29, 1.82) is 0 Å². The number of aromatic nitrogens is 3. The van der Waals surface area contributed by atoms with Gasteiger partial charge in [-0.3, -0.25) is 4.79 Å². The van der Waals surface area contributed by atoms with Gasteiger partial charge in [0.2, 0.25) is 11.1 Å². The summed E-state index contributed by atoms with van der Waals surface area (Å²) in [6, 6.07) is 14.4. The van der Waals surface area contributed by atoms with Crippen LogP contribution in [0.25, 0.3) is 0 Å². The lowest BCUT2D eigenvalue weighted by atomic mass is 10.0. The lowest BCUT2D eigenvalue weighted by Crippen LogP contribution is -2.41. The highest BCUT2D eigenvalue weighted by Crippen LogP contribution is 2.38. The normalized spacial score (nSPS) is 18.1. The molecule has 3 aromatic rings. The number of amides is 1. The van der Waals surface area contributed by atoms with Crippen LogP contribution in [0.15, 0.2) is 53.7 Å². The van der Waals surface area contributed by atoms with Gasteiger partial charge in [-0.05, 0) is 42.8 Å². The quantitative estimate of drug-likeness (QED) is 0.677. The van der Waals surface area contributed by atoms with Crippen LogP contribution in [0.1, 0.15) is 17.4 Å². The number of aryl methyl sites for hydroxylation is 1. The lowest BCUT2D eigenvalue weighted by Gasteiger charge is -2.32. The monoisotopic (exact) mass is 415 g/mol. The summed E-state index contributed by atoms with van der Waals surface area (Å²) in [6.07, 6.45) is 0. The molecule has 0 bridgehead atoms. The zero-order valence-electron chi connectivity index (χ0n) is 15.2. The molecule has 1 aromatic heterocycles. The van der Waals surface area contributed by atoms with Crippen LogP contribution in [-0.2, 0) is 4.79 Å². The molecule has 0 fully saturated rings. The predicted octanol–water partition coefficient (Wildman–Crippen LogP) is 3.65. The largest absolute Gasteiger partial charge is 0.497 e. The second-order valence-electron chi connectivity index (χ2n) is 6.28. The molecule has 0 aliphatic carbocycles. The van der Waals surface area contributed by atoms with Gasteiger partial charge in [-0.2, -0.15) is 0 Å². The van der Waals surface area contributed by atoms with Gasteiger partial charge in [0, 0.05) is 10.7 Å². The predicted molar refractivity (Wildman–Crippen MR) is 110 cm³/mol. The van der Waals surface area contributed by atoms with Crippen molar-refractivity contribution < 1.29 is 9.53 Å². The Bertz CT molecular complexity index is 1010. The number of hydrogen-bond donors (Lipinski definition) is 2. The molecular formula is C19H18ClN5O2S. The smallest absolute Gasteiger partial charge is 0.240 e. The van der Waals surface area contributed by atoms with E-state index in [0.717, 1.165) is 17.1 Å². The van der Waals surface area contributed by atoms with Crippen molar-refractivity contribution in [2.75, 3.05) is 17.9 Å². The Morgan fingerprint density at radius 1 is 1.25 bits per heavy atom. The molecule has 0 saturated carbocycles. The summed E-state index contributed by atoms with van der Waals surface area (Å²) in [5.74, 6) is 1.34. The third kappa shape index (κ3) is 3.65. The van der Waals surface area contributed by atoms with Crippen molar-refractivity contribution in [3.8, 4) is 5.75 Å². The molecule has 28 heavy (non-hydrogen) atoms. The van der Waals surface area contributed by atoms with Crippen LogP contribution in [0.4, 0.5) is 5.69 Å². The molecule has 0 radical (unpaired) electrons. The second-order valence-corrected chi connectivity index (χ2v) is 7.83. The van der Waals surface area contributed by atoms with Crippen LogP contribution in [-0.4, -0.2) is 33.1 Å². The molecule has 144 valence electrons. The van der Waals surface area contributed by atoms with E-state index in [1.165, 1.54) is 11.8 Å². The van der Waals surface area contributed by atoms with Crippen molar-refractivity contribution in [2.45, 2.75) is 23.4 Å². The summed E-state index contributed by atoms with van der Waals surface area (Å²) < 4.78 is 7.05. The fourth-order valence-corrected chi connectivity index (χ4v) is 4.32. The van der Waals surface area contributed by atoms with Crippen LogP contribution in [0.5, 0.6) is 5.75 Å². The standard InChI is InChI=1S/C19H18ClN5O2S/c1-11-22-23-19-25(11)24-16(12-6-8-15(27-2)9-7-12)17(28-19)18(26)21-14-5-3-4-13(20)10-14/h3-10,16-17,24H,1-2H3,(H,21,26)/t16-,17+/m1/s1. The van der Waals surface area contributed by atoms with Gasteiger partial charge in [-0.25, -0.2) is 4.68 Å². The van der Waals surface area contributed by atoms with E-state index in [1.807, 2.05) is 35.9 Å².